The van der Waals surface area contributed by atoms with Crippen molar-refractivity contribution in [1.82, 2.24) is 20.1 Å². The predicted molar refractivity (Wildman–Crippen MR) is 99.8 cm³/mol. The number of aromatic nitrogens is 4. The quantitative estimate of drug-likeness (QED) is 0.594. The molecule has 0 N–H and O–H groups in total. The van der Waals surface area contributed by atoms with Gasteiger partial charge in [0, 0.05) is 24.0 Å². The van der Waals surface area contributed by atoms with Gasteiger partial charge in [-0.25, -0.2) is 14.8 Å². The van der Waals surface area contributed by atoms with Crippen molar-refractivity contribution in [3.05, 3.63) is 39.6 Å². The Morgan fingerprint density at radius 1 is 1.30 bits per heavy atom. The number of hydrogen-bond donors (Lipinski definition) is 0. The summed E-state index contributed by atoms with van der Waals surface area (Å²) in [5.41, 5.74) is 0.885. The van der Waals surface area contributed by atoms with Gasteiger partial charge in [-0.15, -0.1) is 0 Å². The first kappa shape index (κ1) is 17.9. The maximum atomic E-state index is 12.4. The van der Waals surface area contributed by atoms with Gasteiger partial charge in [0.05, 0.1) is 11.2 Å². The lowest BCUT2D eigenvalue weighted by Crippen LogP contribution is -2.31. The molecule has 1 fully saturated rings. The second-order valence-corrected chi connectivity index (χ2v) is 7.20. The number of thiophene rings is 1. The predicted octanol–water partition coefficient (Wildman–Crippen LogP) is 3.59. The van der Waals surface area contributed by atoms with Crippen molar-refractivity contribution in [2.45, 2.75) is 25.9 Å². The summed E-state index contributed by atoms with van der Waals surface area (Å²) in [6.45, 7) is 1.57. The third-order valence-electron chi connectivity index (χ3n) is 4.14. The van der Waals surface area contributed by atoms with Crippen LogP contribution in [0.3, 0.4) is 0 Å². The Morgan fingerprint density at radius 2 is 2.15 bits per heavy atom. The fraction of sp³-hybridized carbons (Fsp3) is 0.353. The Labute approximate surface area is 164 Å². The van der Waals surface area contributed by atoms with E-state index in [1.807, 2.05) is 21.7 Å². The molecule has 10 heteroatoms. The molecule has 3 aromatic rings. The molecule has 4 rings (SSSR count). The second-order valence-electron chi connectivity index (χ2n) is 6.01. The maximum Gasteiger partial charge on any atom is 0.359 e. The Morgan fingerprint density at radius 3 is 2.93 bits per heavy atom. The molecule has 1 aliphatic rings. The van der Waals surface area contributed by atoms with E-state index in [1.54, 1.807) is 0 Å². The molecule has 0 atom stereocenters. The number of carbonyl (C=O) groups excluding carboxylic acids is 1. The zero-order valence-electron chi connectivity index (χ0n) is 14.3. The first-order valence-corrected chi connectivity index (χ1v) is 9.82. The van der Waals surface area contributed by atoms with E-state index >= 15 is 0 Å². The van der Waals surface area contributed by atoms with Crippen molar-refractivity contribution < 1.29 is 14.1 Å². The van der Waals surface area contributed by atoms with Crippen LogP contribution >= 0.6 is 22.9 Å². The lowest BCUT2D eigenvalue weighted by atomic mass is 10.1. The van der Waals surface area contributed by atoms with Crippen LogP contribution < -0.4 is 4.90 Å². The van der Waals surface area contributed by atoms with E-state index in [0.29, 0.717) is 11.8 Å². The van der Waals surface area contributed by atoms with E-state index in [9.17, 15) is 4.79 Å². The molecule has 0 bridgehead atoms. The number of rotatable bonds is 5. The number of carbonyl (C=O) groups is 1. The topological polar surface area (TPSA) is 94.2 Å². The molecule has 0 unspecified atom stereocenters. The Bertz CT molecular complexity index is 925. The third-order valence-corrected chi connectivity index (χ3v) is 5.10. The summed E-state index contributed by atoms with van der Waals surface area (Å²) in [4.78, 5) is 27.2. The largest absolute Gasteiger partial charge is 0.451 e. The van der Waals surface area contributed by atoms with Gasteiger partial charge in [-0.3, -0.25) is 0 Å². The van der Waals surface area contributed by atoms with Crippen LogP contribution in [0.15, 0.2) is 27.5 Å². The first-order chi connectivity index (χ1) is 13.2. The van der Waals surface area contributed by atoms with E-state index in [1.165, 1.54) is 24.0 Å². The molecular formula is C17H16ClN5O3S. The van der Waals surface area contributed by atoms with E-state index < -0.39 is 5.97 Å². The van der Waals surface area contributed by atoms with Crippen LogP contribution in [0.2, 0.25) is 5.02 Å². The van der Waals surface area contributed by atoms with E-state index in [4.69, 9.17) is 20.9 Å². The molecule has 8 nitrogen and oxygen atoms in total. The highest BCUT2D eigenvalue weighted by atomic mass is 35.5. The molecule has 0 spiro atoms. The van der Waals surface area contributed by atoms with Crippen molar-refractivity contribution in [3.8, 4) is 11.4 Å². The molecule has 0 aliphatic carbocycles. The van der Waals surface area contributed by atoms with E-state index in [2.05, 4.69) is 20.1 Å². The van der Waals surface area contributed by atoms with Crippen LogP contribution in [0.1, 0.15) is 35.6 Å². The highest BCUT2D eigenvalue weighted by Crippen LogP contribution is 2.21. The normalized spacial score (nSPS) is 14.3. The monoisotopic (exact) mass is 405 g/mol. The van der Waals surface area contributed by atoms with Gasteiger partial charge >= 0.3 is 5.97 Å². The lowest BCUT2D eigenvalue weighted by Gasteiger charge is -2.26. The van der Waals surface area contributed by atoms with Gasteiger partial charge in [-0.2, -0.15) is 16.3 Å². The molecule has 0 amide bonds. The fourth-order valence-corrected chi connectivity index (χ4v) is 3.57. The van der Waals surface area contributed by atoms with Gasteiger partial charge in [-0.05, 0) is 30.7 Å². The van der Waals surface area contributed by atoms with Crippen molar-refractivity contribution in [3.63, 3.8) is 0 Å². The summed E-state index contributed by atoms with van der Waals surface area (Å²) >= 11 is 7.62. The van der Waals surface area contributed by atoms with Gasteiger partial charge in [0.2, 0.25) is 11.8 Å². The molecule has 3 aromatic heterocycles. The summed E-state index contributed by atoms with van der Waals surface area (Å²) < 4.78 is 10.4. The fourth-order valence-electron chi connectivity index (χ4n) is 2.77. The summed E-state index contributed by atoms with van der Waals surface area (Å²) in [5.74, 6) is 0.486. The Kier molecular flexibility index (Phi) is 5.30. The average molecular weight is 406 g/mol. The number of ether oxygens (including phenoxy) is 1. The highest BCUT2D eigenvalue weighted by Gasteiger charge is 2.21. The van der Waals surface area contributed by atoms with E-state index in [-0.39, 0.29) is 23.2 Å². The molecule has 27 heavy (non-hydrogen) atoms. The molecule has 1 saturated heterocycles. The van der Waals surface area contributed by atoms with Crippen molar-refractivity contribution >= 4 is 34.9 Å². The van der Waals surface area contributed by atoms with Gasteiger partial charge in [0.15, 0.2) is 12.3 Å². The Balaban J connectivity index is 1.43. The molecule has 4 heterocycles. The zero-order chi connectivity index (χ0) is 18.6. The van der Waals surface area contributed by atoms with Crippen LogP contribution in [0.5, 0.6) is 0 Å². The first-order valence-electron chi connectivity index (χ1n) is 8.50. The zero-order valence-corrected chi connectivity index (χ0v) is 15.9. The van der Waals surface area contributed by atoms with Gasteiger partial charge < -0.3 is 14.2 Å². The molecule has 0 radical (unpaired) electrons. The van der Waals surface area contributed by atoms with Crippen LogP contribution in [0.25, 0.3) is 11.4 Å². The SMILES string of the molecule is O=C(OCc1nc(-c2ccsc2)no1)c1nc(N2CCCCC2)ncc1Cl. The minimum absolute atomic E-state index is 0.0322. The highest BCUT2D eigenvalue weighted by molar-refractivity contribution is 7.08. The summed E-state index contributed by atoms with van der Waals surface area (Å²) in [6, 6.07) is 1.88. The molecule has 1 aliphatic heterocycles. The number of anilines is 1. The van der Waals surface area contributed by atoms with Gasteiger partial charge in [0.1, 0.15) is 0 Å². The number of nitrogens with zero attached hydrogens (tertiary/aromatic N) is 5. The van der Waals surface area contributed by atoms with E-state index in [0.717, 1.165) is 31.5 Å². The lowest BCUT2D eigenvalue weighted by molar-refractivity contribution is 0.0423. The minimum atomic E-state index is -0.657. The van der Waals surface area contributed by atoms with Crippen LogP contribution in [0, 0.1) is 0 Å². The number of halogens is 1. The number of piperidine rings is 1. The second kappa shape index (κ2) is 8.01. The number of esters is 1. The van der Waals surface area contributed by atoms with Gasteiger partial charge in [-0.1, -0.05) is 16.8 Å². The standard InChI is InChI=1S/C17H16ClN5O3S/c18-12-8-19-17(23-5-2-1-3-6-23)21-14(12)16(24)25-9-13-20-15(22-26-13)11-4-7-27-10-11/h4,7-8,10H,1-3,5-6,9H2. The van der Waals surface area contributed by atoms with Crippen LogP contribution in [0.4, 0.5) is 5.95 Å². The van der Waals surface area contributed by atoms with Crippen molar-refractivity contribution in [2.75, 3.05) is 18.0 Å². The summed E-state index contributed by atoms with van der Waals surface area (Å²) in [7, 11) is 0. The maximum absolute atomic E-state index is 12.4. The smallest absolute Gasteiger partial charge is 0.359 e. The minimum Gasteiger partial charge on any atom is -0.451 e. The Hall–Kier alpha value is -2.52. The van der Waals surface area contributed by atoms with Gasteiger partial charge in [0.25, 0.3) is 5.89 Å². The average Bonchev–Trinajstić information content (AvgIpc) is 3.39. The summed E-state index contributed by atoms with van der Waals surface area (Å²) in [6.07, 6.45) is 4.78. The van der Waals surface area contributed by atoms with Crippen LogP contribution in [-0.2, 0) is 11.3 Å². The summed E-state index contributed by atoms with van der Waals surface area (Å²) in [5, 5.41) is 7.84. The number of hydrogen-bond acceptors (Lipinski definition) is 9. The molecule has 140 valence electrons. The molecule has 0 saturated carbocycles. The van der Waals surface area contributed by atoms with Crippen molar-refractivity contribution in [2.24, 2.45) is 0 Å². The molecule has 0 aromatic carbocycles. The van der Waals surface area contributed by atoms with Crippen LogP contribution in [-0.4, -0.2) is 39.2 Å². The molecular weight excluding hydrogens is 390 g/mol. The van der Waals surface area contributed by atoms with Crippen molar-refractivity contribution in [1.29, 1.82) is 0 Å². The third kappa shape index (κ3) is 4.09.